The van der Waals surface area contributed by atoms with Crippen molar-refractivity contribution in [1.29, 1.82) is 0 Å². The normalized spacial score (nSPS) is 10.5. The van der Waals surface area contributed by atoms with Crippen molar-refractivity contribution in [2.45, 2.75) is 18.7 Å². The Labute approximate surface area is 146 Å². The first-order chi connectivity index (χ1) is 11.3. The van der Waals surface area contributed by atoms with Crippen molar-refractivity contribution in [2.24, 2.45) is 5.73 Å². The molecule has 0 radical (unpaired) electrons. The lowest BCUT2D eigenvalue weighted by atomic mass is 10.0. The van der Waals surface area contributed by atoms with Crippen LogP contribution >= 0.6 is 10.7 Å². The summed E-state index contributed by atoms with van der Waals surface area (Å²) in [5, 5.41) is 0. The largest absolute Gasteiger partial charge is 0.465 e. The molecule has 0 saturated carbocycles. The molecule has 0 unspecified atom stereocenters. The van der Waals surface area contributed by atoms with Gasteiger partial charge in [0.15, 0.2) is 0 Å². The van der Waals surface area contributed by atoms with Crippen LogP contribution in [0, 0.1) is 6.92 Å². The molecule has 0 atom stereocenters. The van der Waals surface area contributed by atoms with E-state index in [-0.39, 0.29) is 17.4 Å². The summed E-state index contributed by atoms with van der Waals surface area (Å²) in [5.74, 6) is -0.345. The molecule has 0 aliphatic heterocycles. The quantitative estimate of drug-likeness (QED) is 0.661. The second kappa shape index (κ2) is 9.42. The number of halogens is 1. The summed E-state index contributed by atoms with van der Waals surface area (Å²) in [6.45, 7) is 4.16. The number of nitrogens with two attached hydrogens (primary N) is 1. The second-order valence-corrected chi connectivity index (χ2v) is 7.40. The molecular formula is C17H20ClNO4S. The lowest BCUT2D eigenvalue weighted by molar-refractivity contribution is -0.141. The first-order valence-electron chi connectivity index (χ1n) is 7.25. The molecule has 0 saturated heterocycles. The molecule has 0 aliphatic rings. The standard InChI is InChI=1S/C13H11ClO2S.C4H9NO2/c1-10-2-4-11(5-3-10)12-6-8-13(9-7-12)17(14,15)16;1-2-7-4(6)3-5/h2-9H,1H3;2-3,5H2,1H3. The van der Waals surface area contributed by atoms with Gasteiger partial charge in [0.2, 0.25) is 0 Å². The zero-order valence-corrected chi connectivity index (χ0v) is 15.1. The van der Waals surface area contributed by atoms with E-state index < -0.39 is 9.05 Å². The number of hydrogen-bond acceptors (Lipinski definition) is 5. The number of esters is 1. The zero-order valence-electron chi connectivity index (χ0n) is 13.5. The van der Waals surface area contributed by atoms with Crippen molar-refractivity contribution in [2.75, 3.05) is 13.2 Å². The third-order valence-electron chi connectivity index (χ3n) is 2.99. The highest BCUT2D eigenvalue weighted by Crippen LogP contribution is 2.23. The Hall–Kier alpha value is -1.89. The molecule has 24 heavy (non-hydrogen) atoms. The van der Waals surface area contributed by atoms with Crippen molar-refractivity contribution in [3.8, 4) is 11.1 Å². The fourth-order valence-corrected chi connectivity index (χ4v) is 2.55. The highest BCUT2D eigenvalue weighted by atomic mass is 35.7. The van der Waals surface area contributed by atoms with Crippen molar-refractivity contribution in [3.63, 3.8) is 0 Å². The summed E-state index contributed by atoms with van der Waals surface area (Å²) in [7, 11) is 1.61. The van der Waals surface area contributed by atoms with Gasteiger partial charge in [0.25, 0.3) is 9.05 Å². The van der Waals surface area contributed by atoms with Crippen molar-refractivity contribution in [3.05, 3.63) is 54.1 Å². The first-order valence-corrected chi connectivity index (χ1v) is 9.56. The average molecular weight is 370 g/mol. The van der Waals surface area contributed by atoms with Gasteiger partial charge < -0.3 is 10.5 Å². The van der Waals surface area contributed by atoms with Crippen molar-refractivity contribution < 1.29 is 17.9 Å². The van der Waals surface area contributed by atoms with E-state index in [1.807, 2.05) is 31.2 Å². The Balaban J connectivity index is 0.000000351. The number of rotatable bonds is 4. The van der Waals surface area contributed by atoms with E-state index >= 15 is 0 Å². The van der Waals surface area contributed by atoms with E-state index in [9.17, 15) is 13.2 Å². The molecule has 0 bridgehead atoms. The van der Waals surface area contributed by atoms with Crippen LogP contribution in [0.5, 0.6) is 0 Å². The topological polar surface area (TPSA) is 86.5 Å². The van der Waals surface area contributed by atoms with Gasteiger partial charge in [0.1, 0.15) is 0 Å². The van der Waals surface area contributed by atoms with Crippen LogP contribution in [0.3, 0.4) is 0 Å². The van der Waals surface area contributed by atoms with E-state index in [4.69, 9.17) is 16.4 Å². The highest BCUT2D eigenvalue weighted by molar-refractivity contribution is 8.13. The van der Waals surface area contributed by atoms with Gasteiger partial charge in [-0.3, -0.25) is 4.79 Å². The van der Waals surface area contributed by atoms with E-state index in [1.165, 1.54) is 17.7 Å². The minimum Gasteiger partial charge on any atom is -0.465 e. The maximum Gasteiger partial charge on any atom is 0.319 e. The van der Waals surface area contributed by atoms with Crippen molar-refractivity contribution >= 4 is 25.7 Å². The van der Waals surface area contributed by atoms with Crippen LogP contribution in [0.2, 0.25) is 0 Å². The molecule has 0 aliphatic carbocycles. The Bertz CT molecular complexity index is 756. The highest BCUT2D eigenvalue weighted by Gasteiger charge is 2.09. The summed E-state index contributed by atoms with van der Waals surface area (Å²) in [5.41, 5.74) is 8.09. The third-order valence-corrected chi connectivity index (χ3v) is 4.36. The molecule has 2 aromatic carbocycles. The number of ether oxygens (including phenoxy) is 1. The SMILES string of the molecule is CCOC(=O)CN.Cc1ccc(-c2ccc(S(=O)(=O)Cl)cc2)cc1. The van der Waals surface area contributed by atoms with Crippen LogP contribution < -0.4 is 5.73 Å². The summed E-state index contributed by atoms with van der Waals surface area (Å²) in [6.07, 6.45) is 0. The molecule has 0 amide bonds. The Morgan fingerprint density at radius 1 is 1.04 bits per heavy atom. The fraction of sp³-hybridized carbons (Fsp3) is 0.235. The fourth-order valence-electron chi connectivity index (χ4n) is 1.78. The minimum atomic E-state index is -3.64. The van der Waals surface area contributed by atoms with Crippen LogP contribution in [0.1, 0.15) is 12.5 Å². The zero-order chi connectivity index (χ0) is 18.2. The van der Waals surface area contributed by atoms with E-state index in [2.05, 4.69) is 4.74 Å². The Morgan fingerprint density at radius 3 is 1.83 bits per heavy atom. The lowest BCUT2D eigenvalue weighted by Gasteiger charge is -2.03. The third kappa shape index (κ3) is 6.70. The molecule has 130 valence electrons. The van der Waals surface area contributed by atoms with E-state index in [0.29, 0.717) is 6.61 Å². The molecule has 0 heterocycles. The van der Waals surface area contributed by atoms with Gasteiger partial charge >= 0.3 is 5.97 Å². The average Bonchev–Trinajstić information content (AvgIpc) is 2.56. The predicted molar refractivity (Wildman–Crippen MR) is 95.3 cm³/mol. The number of carbonyl (C=O) groups excluding carboxylic acids is 1. The predicted octanol–water partition coefficient (Wildman–Crippen LogP) is 3.10. The van der Waals surface area contributed by atoms with Crippen LogP contribution in [0.15, 0.2) is 53.4 Å². The summed E-state index contributed by atoms with van der Waals surface area (Å²) >= 11 is 0. The molecule has 2 aromatic rings. The molecular weight excluding hydrogens is 350 g/mol. The smallest absolute Gasteiger partial charge is 0.319 e. The molecule has 2 N–H and O–H groups in total. The van der Waals surface area contributed by atoms with E-state index in [0.717, 1.165) is 11.1 Å². The van der Waals surface area contributed by atoms with Gasteiger partial charge in [0.05, 0.1) is 18.0 Å². The molecule has 0 spiro atoms. The Kier molecular flexibility index (Phi) is 7.91. The summed E-state index contributed by atoms with van der Waals surface area (Å²) in [6, 6.07) is 14.6. The maximum absolute atomic E-state index is 11.1. The van der Waals surface area contributed by atoms with Gasteiger partial charge in [-0.15, -0.1) is 0 Å². The van der Waals surface area contributed by atoms with Gasteiger partial charge in [-0.25, -0.2) is 8.42 Å². The molecule has 2 rings (SSSR count). The van der Waals surface area contributed by atoms with Crippen LogP contribution in [0.4, 0.5) is 0 Å². The minimum absolute atomic E-state index is 0.0200. The first kappa shape index (κ1) is 20.2. The van der Waals surface area contributed by atoms with Gasteiger partial charge in [-0.05, 0) is 37.1 Å². The number of aryl methyl sites for hydroxylation is 1. The van der Waals surface area contributed by atoms with Gasteiger partial charge in [0, 0.05) is 10.7 Å². The summed E-state index contributed by atoms with van der Waals surface area (Å²) < 4.78 is 26.6. The van der Waals surface area contributed by atoms with Crippen LogP contribution in [-0.4, -0.2) is 27.5 Å². The molecule has 0 fully saturated rings. The van der Waals surface area contributed by atoms with Gasteiger partial charge in [-0.2, -0.15) is 0 Å². The van der Waals surface area contributed by atoms with Crippen LogP contribution in [-0.2, 0) is 18.6 Å². The molecule has 5 nitrogen and oxygen atoms in total. The lowest BCUT2D eigenvalue weighted by Crippen LogP contribution is -2.16. The second-order valence-electron chi connectivity index (χ2n) is 4.84. The summed E-state index contributed by atoms with van der Waals surface area (Å²) in [4.78, 5) is 10.2. The van der Waals surface area contributed by atoms with Crippen LogP contribution in [0.25, 0.3) is 11.1 Å². The molecule has 7 heteroatoms. The van der Waals surface area contributed by atoms with Gasteiger partial charge in [-0.1, -0.05) is 42.0 Å². The number of hydrogen-bond donors (Lipinski definition) is 1. The van der Waals surface area contributed by atoms with E-state index in [1.54, 1.807) is 19.1 Å². The monoisotopic (exact) mass is 369 g/mol. The number of carbonyl (C=O) groups is 1. The number of benzene rings is 2. The molecule has 0 aromatic heterocycles. The van der Waals surface area contributed by atoms with Crippen molar-refractivity contribution in [1.82, 2.24) is 0 Å². The Morgan fingerprint density at radius 2 is 1.50 bits per heavy atom. The maximum atomic E-state index is 11.1.